The van der Waals surface area contributed by atoms with Gasteiger partial charge in [-0.15, -0.1) is 0 Å². The highest BCUT2D eigenvalue weighted by Crippen LogP contribution is 2.35. The molecule has 2 N–H and O–H groups in total. The lowest BCUT2D eigenvalue weighted by molar-refractivity contribution is 0.0976. The summed E-state index contributed by atoms with van der Waals surface area (Å²) >= 11 is 0. The van der Waals surface area contributed by atoms with Crippen LogP contribution in [0.3, 0.4) is 0 Å². The fourth-order valence-electron chi connectivity index (χ4n) is 2.76. The maximum atomic E-state index is 13.8. The molecule has 1 heterocycles. The van der Waals surface area contributed by atoms with Crippen LogP contribution < -0.4 is 10.6 Å². The molecule has 0 aliphatic carbocycles. The third-order valence-corrected chi connectivity index (χ3v) is 3.72. The maximum Gasteiger partial charge on any atom is 0.261 e. The number of anilines is 2. The van der Waals surface area contributed by atoms with Gasteiger partial charge in [0.05, 0.1) is 5.56 Å². The second-order valence-corrected chi connectivity index (χ2v) is 5.22. The summed E-state index contributed by atoms with van der Waals surface area (Å²) in [6.07, 6.45) is 0.642. The standard InChI is InChI=1S/C16H14F2N2O/c1-9-7-10-8-11(19)5-6-14(10)20(9)16(21)12-3-2-4-13(17)15(12)18/h2-6,8-9H,7,19H2,1H3. The van der Waals surface area contributed by atoms with Crippen molar-refractivity contribution in [2.24, 2.45) is 0 Å². The van der Waals surface area contributed by atoms with Gasteiger partial charge in [-0.1, -0.05) is 6.07 Å². The number of rotatable bonds is 1. The molecule has 2 aromatic rings. The Labute approximate surface area is 121 Å². The van der Waals surface area contributed by atoms with Gasteiger partial charge in [-0.3, -0.25) is 4.79 Å². The molecule has 0 aromatic heterocycles. The van der Waals surface area contributed by atoms with Crippen LogP contribution in [0.4, 0.5) is 20.2 Å². The largest absolute Gasteiger partial charge is 0.399 e. The zero-order chi connectivity index (χ0) is 15.1. The monoisotopic (exact) mass is 288 g/mol. The summed E-state index contributed by atoms with van der Waals surface area (Å²) in [5.41, 5.74) is 7.74. The minimum atomic E-state index is -1.11. The number of hydrogen-bond acceptors (Lipinski definition) is 2. The SMILES string of the molecule is CC1Cc2cc(N)ccc2N1C(=O)c1cccc(F)c1F. The van der Waals surface area contributed by atoms with E-state index in [4.69, 9.17) is 5.73 Å². The van der Waals surface area contributed by atoms with Crippen molar-refractivity contribution in [3.05, 3.63) is 59.2 Å². The van der Waals surface area contributed by atoms with Crippen LogP contribution in [0.1, 0.15) is 22.8 Å². The van der Waals surface area contributed by atoms with E-state index < -0.39 is 17.5 Å². The zero-order valence-electron chi connectivity index (χ0n) is 11.4. The smallest absolute Gasteiger partial charge is 0.261 e. The lowest BCUT2D eigenvalue weighted by Crippen LogP contribution is -2.36. The van der Waals surface area contributed by atoms with E-state index in [0.29, 0.717) is 17.8 Å². The first-order valence-electron chi connectivity index (χ1n) is 6.65. The average Bonchev–Trinajstić information content (AvgIpc) is 2.76. The molecule has 0 spiro atoms. The Balaban J connectivity index is 2.05. The zero-order valence-corrected chi connectivity index (χ0v) is 11.4. The molecule has 1 unspecified atom stereocenters. The Morgan fingerprint density at radius 2 is 2.05 bits per heavy atom. The van der Waals surface area contributed by atoms with Gasteiger partial charge in [-0.2, -0.15) is 0 Å². The van der Waals surface area contributed by atoms with Gasteiger partial charge in [-0.25, -0.2) is 8.78 Å². The minimum absolute atomic E-state index is 0.128. The van der Waals surface area contributed by atoms with Crippen LogP contribution in [0.5, 0.6) is 0 Å². The second-order valence-electron chi connectivity index (χ2n) is 5.22. The first kappa shape index (κ1) is 13.5. The van der Waals surface area contributed by atoms with E-state index in [9.17, 15) is 13.6 Å². The molecule has 1 aliphatic heterocycles. The predicted octanol–water partition coefficient (Wildman–Crippen LogP) is 3.14. The number of nitrogens with two attached hydrogens (primary N) is 1. The Morgan fingerprint density at radius 3 is 2.81 bits per heavy atom. The van der Waals surface area contributed by atoms with Gasteiger partial charge in [0.25, 0.3) is 5.91 Å². The molecule has 0 saturated heterocycles. The molecular formula is C16H14F2N2O. The number of benzene rings is 2. The average molecular weight is 288 g/mol. The quantitative estimate of drug-likeness (QED) is 0.819. The molecule has 0 fully saturated rings. The predicted molar refractivity (Wildman–Crippen MR) is 77.2 cm³/mol. The summed E-state index contributed by atoms with van der Waals surface area (Å²) in [7, 11) is 0. The summed E-state index contributed by atoms with van der Waals surface area (Å²) in [5, 5.41) is 0. The highest BCUT2D eigenvalue weighted by Gasteiger charge is 2.33. The van der Waals surface area contributed by atoms with E-state index in [1.807, 2.05) is 6.92 Å². The molecule has 1 atom stereocenters. The summed E-state index contributed by atoms with van der Waals surface area (Å²) in [6, 6.07) is 8.73. The first-order chi connectivity index (χ1) is 9.99. The van der Waals surface area contributed by atoms with E-state index in [2.05, 4.69) is 0 Å². The molecule has 108 valence electrons. The number of hydrogen-bond donors (Lipinski definition) is 1. The first-order valence-corrected chi connectivity index (χ1v) is 6.65. The van der Waals surface area contributed by atoms with Crippen LogP contribution >= 0.6 is 0 Å². The molecule has 1 aliphatic rings. The van der Waals surface area contributed by atoms with Crippen molar-refractivity contribution < 1.29 is 13.6 Å². The van der Waals surface area contributed by atoms with Crippen molar-refractivity contribution in [2.45, 2.75) is 19.4 Å². The highest BCUT2D eigenvalue weighted by molar-refractivity contribution is 6.08. The van der Waals surface area contributed by atoms with Crippen LogP contribution in [0.15, 0.2) is 36.4 Å². The fraction of sp³-hybridized carbons (Fsp3) is 0.188. The topological polar surface area (TPSA) is 46.3 Å². The highest BCUT2D eigenvalue weighted by atomic mass is 19.2. The number of nitrogens with zero attached hydrogens (tertiary/aromatic N) is 1. The van der Waals surface area contributed by atoms with Crippen LogP contribution in [0.25, 0.3) is 0 Å². The normalized spacial score (nSPS) is 16.9. The lowest BCUT2D eigenvalue weighted by atomic mass is 10.1. The number of carbonyl (C=O) groups excluding carboxylic acids is 1. The summed E-state index contributed by atoms with van der Waals surface area (Å²) < 4.78 is 27.1. The van der Waals surface area contributed by atoms with E-state index in [1.165, 1.54) is 17.0 Å². The van der Waals surface area contributed by atoms with Crippen molar-refractivity contribution in [3.63, 3.8) is 0 Å². The lowest BCUT2D eigenvalue weighted by Gasteiger charge is -2.23. The number of halogens is 2. The Bertz CT molecular complexity index is 730. The Hall–Kier alpha value is -2.43. The molecule has 3 nitrogen and oxygen atoms in total. The van der Waals surface area contributed by atoms with E-state index in [0.717, 1.165) is 11.6 Å². The number of carbonyl (C=O) groups is 1. The Morgan fingerprint density at radius 1 is 1.29 bits per heavy atom. The molecule has 0 saturated carbocycles. The van der Waals surface area contributed by atoms with Gasteiger partial charge in [0.2, 0.25) is 0 Å². The molecular weight excluding hydrogens is 274 g/mol. The van der Waals surface area contributed by atoms with Crippen molar-refractivity contribution in [2.75, 3.05) is 10.6 Å². The van der Waals surface area contributed by atoms with Crippen LogP contribution in [-0.4, -0.2) is 11.9 Å². The third-order valence-electron chi connectivity index (χ3n) is 3.72. The Kier molecular flexibility index (Phi) is 3.12. The fourth-order valence-corrected chi connectivity index (χ4v) is 2.76. The third kappa shape index (κ3) is 2.14. The minimum Gasteiger partial charge on any atom is -0.399 e. The van der Waals surface area contributed by atoms with Crippen molar-refractivity contribution in [1.29, 1.82) is 0 Å². The van der Waals surface area contributed by atoms with Crippen molar-refractivity contribution in [1.82, 2.24) is 0 Å². The van der Waals surface area contributed by atoms with Crippen LogP contribution in [0.2, 0.25) is 0 Å². The summed E-state index contributed by atoms with van der Waals surface area (Å²) in [4.78, 5) is 14.1. The van der Waals surface area contributed by atoms with Crippen LogP contribution in [-0.2, 0) is 6.42 Å². The molecule has 3 rings (SSSR count). The van der Waals surface area contributed by atoms with Crippen LogP contribution in [0, 0.1) is 11.6 Å². The van der Waals surface area contributed by atoms with E-state index in [-0.39, 0.29) is 11.6 Å². The summed E-state index contributed by atoms with van der Waals surface area (Å²) in [6.45, 7) is 1.87. The van der Waals surface area contributed by atoms with Gasteiger partial charge in [0.1, 0.15) is 0 Å². The molecule has 1 amide bonds. The number of fused-ring (bicyclic) bond motifs is 1. The van der Waals surface area contributed by atoms with Crippen molar-refractivity contribution in [3.8, 4) is 0 Å². The number of nitrogen functional groups attached to an aromatic ring is 1. The molecule has 0 radical (unpaired) electrons. The van der Waals surface area contributed by atoms with Gasteiger partial charge in [0, 0.05) is 17.4 Å². The summed E-state index contributed by atoms with van der Waals surface area (Å²) in [5.74, 6) is -2.67. The van der Waals surface area contributed by atoms with Gasteiger partial charge < -0.3 is 10.6 Å². The maximum absolute atomic E-state index is 13.8. The second kappa shape index (κ2) is 4.84. The van der Waals surface area contributed by atoms with Gasteiger partial charge in [-0.05, 0) is 49.2 Å². The molecule has 21 heavy (non-hydrogen) atoms. The van der Waals surface area contributed by atoms with Gasteiger partial charge >= 0.3 is 0 Å². The van der Waals surface area contributed by atoms with Gasteiger partial charge in [0.15, 0.2) is 11.6 Å². The van der Waals surface area contributed by atoms with Crippen molar-refractivity contribution >= 4 is 17.3 Å². The number of amides is 1. The molecule has 0 bridgehead atoms. The van der Waals surface area contributed by atoms with E-state index in [1.54, 1.807) is 18.2 Å². The van der Waals surface area contributed by atoms with E-state index >= 15 is 0 Å². The molecule has 2 aromatic carbocycles. The molecule has 5 heteroatoms.